The molecule has 0 aliphatic rings. The fourth-order valence-electron chi connectivity index (χ4n) is 2.57. The van der Waals surface area contributed by atoms with Crippen LogP contribution < -0.4 is 10.6 Å². The van der Waals surface area contributed by atoms with E-state index < -0.39 is 17.9 Å². The van der Waals surface area contributed by atoms with Gasteiger partial charge < -0.3 is 15.7 Å². The van der Waals surface area contributed by atoms with Crippen molar-refractivity contribution in [2.24, 2.45) is 5.92 Å². The predicted molar refractivity (Wildman–Crippen MR) is 92.3 cm³/mol. The molecule has 1 rings (SSSR count). The first-order valence-corrected chi connectivity index (χ1v) is 8.26. The maximum Gasteiger partial charge on any atom is 0.313 e. The second kappa shape index (κ2) is 9.30. The number of para-hydroxylation sites is 1. The van der Waals surface area contributed by atoms with Gasteiger partial charge in [0.15, 0.2) is 0 Å². The largest absolute Gasteiger partial charge is 0.394 e. The van der Waals surface area contributed by atoms with Gasteiger partial charge in [-0.2, -0.15) is 0 Å². The summed E-state index contributed by atoms with van der Waals surface area (Å²) in [5.74, 6) is -1.08. The number of hydrogen-bond acceptors (Lipinski definition) is 3. The van der Waals surface area contributed by atoms with Crippen LogP contribution in [0.25, 0.3) is 0 Å². The molecule has 0 fully saturated rings. The molecule has 1 unspecified atom stereocenters. The third kappa shape index (κ3) is 5.67. The first-order valence-electron chi connectivity index (χ1n) is 8.26. The van der Waals surface area contributed by atoms with Gasteiger partial charge >= 0.3 is 11.8 Å². The van der Waals surface area contributed by atoms with E-state index in [0.29, 0.717) is 12.3 Å². The van der Waals surface area contributed by atoms with E-state index in [1.807, 2.05) is 45.9 Å². The molecular weight excluding hydrogens is 292 g/mol. The van der Waals surface area contributed by atoms with E-state index in [-0.39, 0.29) is 6.61 Å². The van der Waals surface area contributed by atoms with E-state index in [1.165, 1.54) is 0 Å². The molecule has 0 saturated carbocycles. The van der Waals surface area contributed by atoms with Crippen molar-refractivity contribution in [1.29, 1.82) is 0 Å². The Labute approximate surface area is 138 Å². The molecule has 1 aromatic carbocycles. The number of benzene rings is 1. The van der Waals surface area contributed by atoms with Gasteiger partial charge in [0.1, 0.15) is 0 Å². The number of nitrogens with one attached hydrogen (secondary N) is 2. The zero-order valence-corrected chi connectivity index (χ0v) is 14.5. The summed E-state index contributed by atoms with van der Waals surface area (Å²) in [6, 6.07) is 5.45. The third-order valence-corrected chi connectivity index (χ3v) is 3.76. The van der Waals surface area contributed by atoms with Crippen molar-refractivity contribution >= 4 is 17.5 Å². The molecule has 5 heteroatoms. The van der Waals surface area contributed by atoms with Crippen LogP contribution in [0.3, 0.4) is 0 Å². The van der Waals surface area contributed by atoms with Gasteiger partial charge in [-0.1, -0.05) is 45.9 Å². The van der Waals surface area contributed by atoms with Crippen molar-refractivity contribution in [1.82, 2.24) is 5.32 Å². The van der Waals surface area contributed by atoms with Crippen molar-refractivity contribution in [3.8, 4) is 0 Å². The van der Waals surface area contributed by atoms with Crippen molar-refractivity contribution in [2.75, 3.05) is 11.9 Å². The highest BCUT2D eigenvalue weighted by atomic mass is 16.3. The molecule has 3 N–H and O–H groups in total. The summed E-state index contributed by atoms with van der Waals surface area (Å²) >= 11 is 0. The summed E-state index contributed by atoms with van der Waals surface area (Å²) < 4.78 is 0. The molecule has 5 nitrogen and oxygen atoms in total. The Morgan fingerprint density at radius 1 is 1.09 bits per heavy atom. The summed E-state index contributed by atoms with van der Waals surface area (Å²) in [5.41, 5.74) is 2.74. The van der Waals surface area contributed by atoms with Crippen LogP contribution in [0.15, 0.2) is 18.2 Å². The number of aliphatic hydroxyl groups is 1. The van der Waals surface area contributed by atoms with E-state index in [1.54, 1.807) is 0 Å². The molecule has 0 aliphatic carbocycles. The maximum absolute atomic E-state index is 12.2. The molecule has 0 saturated heterocycles. The van der Waals surface area contributed by atoms with Crippen LogP contribution in [0.4, 0.5) is 5.69 Å². The van der Waals surface area contributed by atoms with Gasteiger partial charge in [0.25, 0.3) is 0 Å². The molecule has 128 valence electrons. The second-order valence-corrected chi connectivity index (χ2v) is 6.09. The molecule has 23 heavy (non-hydrogen) atoms. The fraction of sp³-hybridized carbons (Fsp3) is 0.556. The summed E-state index contributed by atoms with van der Waals surface area (Å²) in [7, 11) is 0. The lowest BCUT2D eigenvalue weighted by atomic mass is 10.0. The maximum atomic E-state index is 12.2. The monoisotopic (exact) mass is 320 g/mol. The SMILES string of the molecule is CCc1cccc(CC)c1NC(=O)C(=O)NC(CO)CC(C)C. The number of amides is 2. The minimum atomic E-state index is -0.711. The van der Waals surface area contributed by atoms with E-state index in [2.05, 4.69) is 10.6 Å². The van der Waals surface area contributed by atoms with E-state index >= 15 is 0 Å². The van der Waals surface area contributed by atoms with E-state index in [0.717, 1.165) is 29.7 Å². The molecule has 0 bridgehead atoms. The highest BCUT2D eigenvalue weighted by Crippen LogP contribution is 2.22. The molecule has 2 amide bonds. The lowest BCUT2D eigenvalue weighted by Gasteiger charge is -2.19. The van der Waals surface area contributed by atoms with Crippen molar-refractivity contribution in [3.05, 3.63) is 29.3 Å². The molecule has 0 heterocycles. The average Bonchev–Trinajstić information content (AvgIpc) is 2.53. The van der Waals surface area contributed by atoms with Crippen LogP contribution in [-0.2, 0) is 22.4 Å². The van der Waals surface area contributed by atoms with Gasteiger partial charge in [-0.25, -0.2) is 0 Å². The third-order valence-electron chi connectivity index (χ3n) is 3.76. The smallest absolute Gasteiger partial charge is 0.313 e. The van der Waals surface area contributed by atoms with Gasteiger partial charge in [-0.15, -0.1) is 0 Å². The molecule has 0 aromatic heterocycles. The first-order chi connectivity index (χ1) is 10.9. The van der Waals surface area contributed by atoms with Crippen molar-refractivity contribution in [2.45, 2.75) is 53.0 Å². The highest BCUT2D eigenvalue weighted by Gasteiger charge is 2.20. The Morgan fingerprint density at radius 3 is 2.09 bits per heavy atom. The normalized spacial score (nSPS) is 12.1. The Morgan fingerprint density at radius 2 is 1.65 bits per heavy atom. The number of aryl methyl sites for hydroxylation is 2. The van der Waals surface area contributed by atoms with Gasteiger partial charge in [-0.05, 0) is 36.3 Å². The van der Waals surface area contributed by atoms with Gasteiger partial charge in [-0.3, -0.25) is 9.59 Å². The average molecular weight is 320 g/mol. The molecule has 1 aromatic rings. The topological polar surface area (TPSA) is 78.4 Å². The van der Waals surface area contributed by atoms with Crippen LogP contribution in [-0.4, -0.2) is 29.6 Å². The molecular formula is C18H28N2O3. The van der Waals surface area contributed by atoms with Gasteiger partial charge in [0.05, 0.1) is 12.6 Å². The number of carbonyl (C=O) groups is 2. The van der Waals surface area contributed by atoms with E-state index in [9.17, 15) is 14.7 Å². The van der Waals surface area contributed by atoms with E-state index in [4.69, 9.17) is 0 Å². The Kier molecular flexibility index (Phi) is 7.75. The Balaban J connectivity index is 2.81. The zero-order chi connectivity index (χ0) is 17.4. The number of aliphatic hydroxyl groups excluding tert-OH is 1. The second-order valence-electron chi connectivity index (χ2n) is 6.09. The molecule has 0 radical (unpaired) electrons. The number of rotatable bonds is 7. The minimum Gasteiger partial charge on any atom is -0.394 e. The fourth-order valence-corrected chi connectivity index (χ4v) is 2.57. The Hall–Kier alpha value is -1.88. The minimum absolute atomic E-state index is 0.178. The number of anilines is 1. The lowest BCUT2D eigenvalue weighted by Crippen LogP contribution is -2.44. The van der Waals surface area contributed by atoms with Gasteiger partial charge in [0.2, 0.25) is 0 Å². The zero-order valence-electron chi connectivity index (χ0n) is 14.5. The molecule has 0 spiro atoms. The summed E-state index contributed by atoms with van der Waals surface area (Å²) in [6.07, 6.45) is 2.18. The summed E-state index contributed by atoms with van der Waals surface area (Å²) in [5, 5.41) is 14.6. The van der Waals surface area contributed by atoms with Crippen LogP contribution in [0.1, 0.15) is 45.2 Å². The van der Waals surface area contributed by atoms with Crippen molar-refractivity contribution in [3.63, 3.8) is 0 Å². The van der Waals surface area contributed by atoms with Crippen LogP contribution in [0.5, 0.6) is 0 Å². The summed E-state index contributed by atoms with van der Waals surface area (Å²) in [4.78, 5) is 24.2. The molecule has 1 atom stereocenters. The van der Waals surface area contributed by atoms with Crippen molar-refractivity contribution < 1.29 is 14.7 Å². The van der Waals surface area contributed by atoms with Crippen LogP contribution in [0, 0.1) is 5.92 Å². The van der Waals surface area contributed by atoms with Crippen LogP contribution >= 0.6 is 0 Å². The number of hydrogen-bond donors (Lipinski definition) is 3. The summed E-state index contributed by atoms with van der Waals surface area (Å²) in [6.45, 7) is 7.84. The molecule has 0 aliphatic heterocycles. The number of carbonyl (C=O) groups excluding carboxylic acids is 2. The Bertz CT molecular complexity index is 519. The highest BCUT2D eigenvalue weighted by molar-refractivity contribution is 6.39. The van der Waals surface area contributed by atoms with Crippen LogP contribution in [0.2, 0.25) is 0 Å². The predicted octanol–water partition coefficient (Wildman–Crippen LogP) is 2.27. The lowest BCUT2D eigenvalue weighted by molar-refractivity contribution is -0.136. The quantitative estimate of drug-likeness (QED) is 0.674. The first kappa shape index (κ1) is 19.2. The van der Waals surface area contributed by atoms with Gasteiger partial charge in [0, 0.05) is 5.69 Å². The standard InChI is InChI=1S/C18H28N2O3/c1-5-13-8-7-9-14(6-2)16(13)20-18(23)17(22)19-15(11-21)10-12(3)4/h7-9,12,15,21H,5-6,10-11H2,1-4H3,(H,19,22)(H,20,23).